The van der Waals surface area contributed by atoms with Crippen molar-refractivity contribution in [3.05, 3.63) is 33.8 Å². The average Bonchev–Trinajstić information content (AvgIpc) is 2.76. The van der Waals surface area contributed by atoms with Crippen LogP contribution < -0.4 is 10.6 Å². The molecular formula is C19H24Cl2N4O4. The van der Waals surface area contributed by atoms with Crippen molar-refractivity contribution in [1.29, 1.82) is 0 Å². The maximum absolute atomic E-state index is 12.9. The summed E-state index contributed by atoms with van der Waals surface area (Å²) in [5.74, 6) is -1.51. The van der Waals surface area contributed by atoms with Gasteiger partial charge in [-0.3, -0.25) is 19.3 Å². The molecule has 29 heavy (non-hydrogen) atoms. The number of hydrogen-bond acceptors (Lipinski definition) is 4. The van der Waals surface area contributed by atoms with E-state index < -0.39 is 35.5 Å². The van der Waals surface area contributed by atoms with Gasteiger partial charge in [0.1, 0.15) is 12.1 Å². The summed E-state index contributed by atoms with van der Waals surface area (Å²) in [6.07, 6.45) is 0. The highest BCUT2D eigenvalue weighted by Gasteiger charge is 2.50. The molecule has 1 aromatic carbocycles. The monoisotopic (exact) mass is 442 g/mol. The number of nitrogens with one attached hydrogen (secondary N) is 2. The number of likely N-dealkylation sites (N-methyl/N-ethyl adjacent to an activating group) is 1. The summed E-state index contributed by atoms with van der Waals surface area (Å²) in [6, 6.07) is 3.86. The molecule has 0 spiro atoms. The number of imide groups is 1. The molecular weight excluding hydrogens is 419 g/mol. The Morgan fingerprint density at radius 3 is 2.41 bits per heavy atom. The lowest BCUT2D eigenvalue weighted by Crippen LogP contribution is -2.48. The highest BCUT2D eigenvalue weighted by Crippen LogP contribution is 2.34. The topological polar surface area (TPSA) is 98.8 Å². The quantitative estimate of drug-likeness (QED) is 0.682. The van der Waals surface area contributed by atoms with E-state index in [9.17, 15) is 19.2 Å². The van der Waals surface area contributed by atoms with Crippen molar-refractivity contribution in [2.24, 2.45) is 0 Å². The van der Waals surface area contributed by atoms with E-state index in [1.165, 1.54) is 20.0 Å². The number of halogens is 2. The standard InChI is InChI=1S/C19H24Cl2N4O4/c1-18(2,3)22-14(26)9-24(5)15(27)10-25-16(28)19(4,23-17(25)29)12-7-6-11(20)8-13(12)21/h6-8H,9-10H2,1-5H3,(H,22,26)(H,23,29). The molecule has 1 fully saturated rings. The molecule has 0 bridgehead atoms. The summed E-state index contributed by atoms with van der Waals surface area (Å²) in [5.41, 5.74) is -1.50. The molecule has 1 aliphatic heterocycles. The molecule has 8 nitrogen and oxygen atoms in total. The Morgan fingerprint density at radius 2 is 1.86 bits per heavy atom. The van der Waals surface area contributed by atoms with Gasteiger partial charge < -0.3 is 15.5 Å². The smallest absolute Gasteiger partial charge is 0.325 e. The fourth-order valence-corrected chi connectivity index (χ4v) is 3.53. The zero-order valence-electron chi connectivity index (χ0n) is 16.9. The lowest BCUT2D eigenvalue weighted by Gasteiger charge is -2.25. The lowest BCUT2D eigenvalue weighted by molar-refractivity contribution is -0.139. The van der Waals surface area contributed by atoms with E-state index >= 15 is 0 Å². The summed E-state index contributed by atoms with van der Waals surface area (Å²) < 4.78 is 0. The van der Waals surface area contributed by atoms with Crippen LogP contribution in [0.5, 0.6) is 0 Å². The van der Waals surface area contributed by atoms with Crippen molar-refractivity contribution < 1.29 is 19.2 Å². The van der Waals surface area contributed by atoms with Crippen molar-refractivity contribution >= 4 is 47.0 Å². The highest BCUT2D eigenvalue weighted by molar-refractivity contribution is 6.35. The third-order valence-electron chi connectivity index (χ3n) is 4.36. The van der Waals surface area contributed by atoms with Crippen molar-refractivity contribution in [2.45, 2.75) is 38.8 Å². The molecule has 0 radical (unpaired) electrons. The van der Waals surface area contributed by atoms with E-state index in [0.717, 1.165) is 9.80 Å². The number of carbonyl (C=O) groups excluding carboxylic acids is 4. The second-order valence-electron chi connectivity index (χ2n) is 8.12. The van der Waals surface area contributed by atoms with E-state index in [2.05, 4.69) is 10.6 Å². The number of urea groups is 1. The van der Waals surface area contributed by atoms with E-state index in [-0.39, 0.29) is 17.5 Å². The summed E-state index contributed by atoms with van der Waals surface area (Å²) in [4.78, 5) is 51.8. The van der Waals surface area contributed by atoms with Crippen LogP contribution in [0.3, 0.4) is 0 Å². The Kier molecular flexibility index (Phi) is 6.49. The number of rotatable bonds is 5. The molecule has 0 aromatic heterocycles. The van der Waals surface area contributed by atoms with Crippen LogP contribution in [0.25, 0.3) is 0 Å². The maximum Gasteiger partial charge on any atom is 0.325 e. The number of amides is 5. The molecule has 2 N–H and O–H groups in total. The number of hydrogen-bond donors (Lipinski definition) is 2. The van der Waals surface area contributed by atoms with Crippen LogP contribution in [0.15, 0.2) is 18.2 Å². The predicted molar refractivity (Wildman–Crippen MR) is 110 cm³/mol. The Bertz CT molecular complexity index is 868. The van der Waals surface area contributed by atoms with E-state index in [1.54, 1.807) is 12.1 Å². The maximum atomic E-state index is 12.9. The molecule has 1 aliphatic rings. The number of carbonyl (C=O) groups is 4. The van der Waals surface area contributed by atoms with Crippen LogP contribution in [-0.4, -0.2) is 59.2 Å². The first-order valence-electron chi connectivity index (χ1n) is 8.89. The first kappa shape index (κ1) is 23.0. The molecule has 0 saturated carbocycles. The second kappa shape index (κ2) is 8.20. The third kappa shape index (κ3) is 5.19. The van der Waals surface area contributed by atoms with Crippen LogP contribution in [0.4, 0.5) is 4.79 Å². The molecule has 0 aliphatic carbocycles. The molecule has 1 saturated heterocycles. The lowest BCUT2D eigenvalue weighted by atomic mass is 9.92. The van der Waals surface area contributed by atoms with Crippen molar-refractivity contribution in [3.63, 3.8) is 0 Å². The van der Waals surface area contributed by atoms with Crippen molar-refractivity contribution in [3.8, 4) is 0 Å². The molecule has 1 aromatic rings. The minimum atomic E-state index is -1.43. The fourth-order valence-electron chi connectivity index (χ4n) is 2.94. The number of benzene rings is 1. The van der Waals surface area contributed by atoms with Crippen LogP contribution in [-0.2, 0) is 19.9 Å². The molecule has 1 unspecified atom stereocenters. The summed E-state index contributed by atoms with van der Waals surface area (Å²) in [5, 5.41) is 5.94. The van der Waals surface area contributed by atoms with Gasteiger partial charge >= 0.3 is 6.03 Å². The third-order valence-corrected chi connectivity index (χ3v) is 4.91. The minimum absolute atomic E-state index is 0.194. The molecule has 2 rings (SSSR count). The van der Waals surface area contributed by atoms with E-state index in [0.29, 0.717) is 10.6 Å². The van der Waals surface area contributed by atoms with Gasteiger partial charge in [-0.05, 0) is 39.8 Å². The zero-order valence-corrected chi connectivity index (χ0v) is 18.4. The normalized spacial score (nSPS) is 19.2. The Labute approximate surface area is 179 Å². The zero-order chi connectivity index (χ0) is 22.1. The van der Waals surface area contributed by atoms with Crippen LogP contribution in [0, 0.1) is 0 Å². The van der Waals surface area contributed by atoms with Gasteiger partial charge in [0.25, 0.3) is 5.91 Å². The Morgan fingerprint density at radius 1 is 1.24 bits per heavy atom. The van der Waals surface area contributed by atoms with Gasteiger partial charge in [0.15, 0.2) is 0 Å². The number of nitrogens with zero attached hydrogens (tertiary/aromatic N) is 2. The highest BCUT2D eigenvalue weighted by atomic mass is 35.5. The van der Waals surface area contributed by atoms with Gasteiger partial charge in [-0.15, -0.1) is 0 Å². The van der Waals surface area contributed by atoms with Gasteiger partial charge in [-0.1, -0.05) is 29.3 Å². The van der Waals surface area contributed by atoms with Gasteiger partial charge in [0.2, 0.25) is 11.8 Å². The van der Waals surface area contributed by atoms with Gasteiger partial charge in [0, 0.05) is 28.2 Å². The van der Waals surface area contributed by atoms with E-state index in [1.807, 2.05) is 20.8 Å². The van der Waals surface area contributed by atoms with Crippen molar-refractivity contribution in [1.82, 2.24) is 20.4 Å². The molecule has 5 amide bonds. The average molecular weight is 443 g/mol. The van der Waals surface area contributed by atoms with Crippen LogP contribution in [0.1, 0.15) is 33.3 Å². The molecule has 10 heteroatoms. The molecule has 158 valence electrons. The van der Waals surface area contributed by atoms with Gasteiger partial charge in [-0.25, -0.2) is 4.79 Å². The van der Waals surface area contributed by atoms with Gasteiger partial charge in [-0.2, -0.15) is 0 Å². The molecule has 1 heterocycles. The van der Waals surface area contributed by atoms with Crippen LogP contribution >= 0.6 is 23.2 Å². The Hall–Kier alpha value is -2.32. The Balaban J connectivity index is 2.11. The summed E-state index contributed by atoms with van der Waals surface area (Å²) >= 11 is 12.1. The predicted octanol–water partition coefficient (Wildman–Crippen LogP) is 2.13. The second-order valence-corrected chi connectivity index (χ2v) is 8.96. The first-order valence-corrected chi connectivity index (χ1v) is 9.65. The van der Waals surface area contributed by atoms with E-state index in [4.69, 9.17) is 23.2 Å². The SMILES string of the molecule is CN(CC(=O)NC(C)(C)C)C(=O)CN1C(=O)NC(C)(c2ccc(Cl)cc2Cl)C1=O. The van der Waals surface area contributed by atoms with Crippen LogP contribution in [0.2, 0.25) is 10.0 Å². The summed E-state index contributed by atoms with van der Waals surface area (Å²) in [7, 11) is 1.43. The summed E-state index contributed by atoms with van der Waals surface area (Å²) in [6.45, 7) is 6.28. The fraction of sp³-hybridized carbons (Fsp3) is 0.474. The first-order chi connectivity index (χ1) is 13.2. The van der Waals surface area contributed by atoms with Gasteiger partial charge in [0.05, 0.1) is 6.54 Å². The molecule has 1 atom stereocenters. The largest absolute Gasteiger partial charge is 0.350 e. The van der Waals surface area contributed by atoms with Crippen molar-refractivity contribution in [2.75, 3.05) is 20.1 Å². The minimum Gasteiger partial charge on any atom is -0.350 e.